The minimum absolute atomic E-state index is 0.202. The van der Waals surface area contributed by atoms with E-state index in [9.17, 15) is 4.79 Å². The maximum absolute atomic E-state index is 11.0. The number of rotatable bonds is 2. The number of carboxylic acid groups (broad SMARTS) is 1. The Hall–Kier alpha value is -1.05. The average Bonchev–Trinajstić information content (AvgIpc) is 2.57. The molecule has 17 heavy (non-hydrogen) atoms. The van der Waals surface area contributed by atoms with Gasteiger partial charge in [0.1, 0.15) is 0 Å². The first-order chi connectivity index (χ1) is 7.97. The second kappa shape index (κ2) is 4.32. The molecular formula is C15H22O2. The smallest absolute Gasteiger partial charge is 0.331 e. The third kappa shape index (κ3) is 1.94. The predicted octanol–water partition coefficient (Wildman–Crippen LogP) is 3.79. The van der Waals surface area contributed by atoms with Crippen molar-refractivity contribution in [1.29, 1.82) is 0 Å². The SMILES string of the molecule is C=C1CC[C@H](C(C)C)[C@@]12CC=C(C(=O)O)CC2. The van der Waals surface area contributed by atoms with Gasteiger partial charge in [0.05, 0.1) is 0 Å². The first-order valence-electron chi connectivity index (χ1n) is 6.58. The summed E-state index contributed by atoms with van der Waals surface area (Å²) in [5.41, 5.74) is 2.15. The molecule has 2 atom stereocenters. The topological polar surface area (TPSA) is 37.3 Å². The fourth-order valence-corrected chi connectivity index (χ4v) is 3.81. The van der Waals surface area contributed by atoms with Gasteiger partial charge in [0.25, 0.3) is 0 Å². The zero-order valence-corrected chi connectivity index (χ0v) is 10.8. The van der Waals surface area contributed by atoms with Crippen molar-refractivity contribution in [3.05, 3.63) is 23.8 Å². The molecule has 0 saturated heterocycles. The Bertz CT molecular complexity index is 378. The van der Waals surface area contributed by atoms with Crippen LogP contribution >= 0.6 is 0 Å². The van der Waals surface area contributed by atoms with Crippen LogP contribution in [0.15, 0.2) is 23.8 Å². The zero-order valence-electron chi connectivity index (χ0n) is 10.8. The van der Waals surface area contributed by atoms with Crippen molar-refractivity contribution in [2.75, 3.05) is 0 Å². The molecule has 2 nitrogen and oxygen atoms in total. The highest BCUT2D eigenvalue weighted by molar-refractivity contribution is 5.86. The maximum Gasteiger partial charge on any atom is 0.331 e. The van der Waals surface area contributed by atoms with Crippen LogP contribution in [0.2, 0.25) is 0 Å². The van der Waals surface area contributed by atoms with Gasteiger partial charge in [0.15, 0.2) is 0 Å². The normalized spacial score (nSPS) is 33.2. The molecule has 2 aliphatic rings. The van der Waals surface area contributed by atoms with Gasteiger partial charge >= 0.3 is 5.97 Å². The molecule has 2 heteroatoms. The minimum Gasteiger partial charge on any atom is -0.478 e. The van der Waals surface area contributed by atoms with Crippen LogP contribution in [0.1, 0.15) is 46.0 Å². The van der Waals surface area contributed by atoms with Gasteiger partial charge in [-0.25, -0.2) is 4.79 Å². The summed E-state index contributed by atoms with van der Waals surface area (Å²) in [6.45, 7) is 8.82. The zero-order chi connectivity index (χ0) is 12.6. The fourth-order valence-electron chi connectivity index (χ4n) is 3.81. The molecule has 1 spiro atoms. The molecule has 1 N–H and O–H groups in total. The van der Waals surface area contributed by atoms with Crippen molar-refractivity contribution in [2.45, 2.75) is 46.0 Å². The Morgan fingerprint density at radius 2 is 2.24 bits per heavy atom. The Labute approximate surface area is 103 Å². The van der Waals surface area contributed by atoms with Crippen LogP contribution in [0.3, 0.4) is 0 Å². The highest BCUT2D eigenvalue weighted by atomic mass is 16.4. The van der Waals surface area contributed by atoms with Gasteiger partial charge in [-0.3, -0.25) is 0 Å². The van der Waals surface area contributed by atoms with E-state index in [-0.39, 0.29) is 5.41 Å². The van der Waals surface area contributed by atoms with Crippen LogP contribution in [-0.2, 0) is 4.79 Å². The first kappa shape index (κ1) is 12.4. The monoisotopic (exact) mass is 234 g/mol. The van der Waals surface area contributed by atoms with E-state index in [1.165, 1.54) is 12.0 Å². The Morgan fingerprint density at radius 1 is 1.53 bits per heavy atom. The van der Waals surface area contributed by atoms with E-state index < -0.39 is 5.97 Å². The van der Waals surface area contributed by atoms with Gasteiger partial charge < -0.3 is 5.11 Å². The Kier molecular flexibility index (Phi) is 3.15. The summed E-state index contributed by atoms with van der Waals surface area (Å²) in [6.07, 6.45) is 6.87. The van der Waals surface area contributed by atoms with E-state index in [2.05, 4.69) is 20.4 Å². The van der Waals surface area contributed by atoms with Gasteiger partial charge in [0.2, 0.25) is 0 Å². The highest BCUT2D eigenvalue weighted by Crippen LogP contribution is 2.57. The molecule has 0 radical (unpaired) electrons. The molecule has 0 aliphatic heterocycles. The number of allylic oxidation sites excluding steroid dienone is 2. The van der Waals surface area contributed by atoms with Crippen molar-refractivity contribution < 1.29 is 9.90 Å². The van der Waals surface area contributed by atoms with Crippen molar-refractivity contribution >= 4 is 5.97 Å². The summed E-state index contributed by atoms with van der Waals surface area (Å²) in [5.74, 6) is 0.597. The van der Waals surface area contributed by atoms with Gasteiger partial charge in [-0.2, -0.15) is 0 Å². The second-order valence-corrected chi connectivity index (χ2v) is 5.89. The van der Waals surface area contributed by atoms with E-state index in [0.29, 0.717) is 23.8 Å². The van der Waals surface area contributed by atoms with Crippen LogP contribution in [0, 0.1) is 17.3 Å². The molecule has 0 unspecified atom stereocenters. The molecule has 94 valence electrons. The van der Waals surface area contributed by atoms with E-state index in [4.69, 9.17) is 5.11 Å². The lowest BCUT2D eigenvalue weighted by Crippen LogP contribution is -2.32. The quantitative estimate of drug-likeness (QED) is 0.738. The van der Waals surface area contributed by atoms with Crippen molar-refractivity contribution in [3.8, 4) is 0 Å². The summed E-state index contributed by atoms with van der Waals surface area (Å²) >= 11 is 0. The third-order valence-electron chi connectivity index (χ3n) is 4.80. The average molecular weight is 234 g/mol. The lowest BCUT2D eigenvalue weighted by molar-refractivity contribution is -0.133. The van der Waals surface area contributed by atoms with Crippen molar-refractivity contribution in [3.63, 3.8) is 0 Å². The summed E-state index contributed by atoms with van der Waals surface area (Å²) in [7, 11) is 0. The molecule has 0 aromatic heterocycles. The summed E-state index contributed by atoms with van der Waals surface area (Å²) < 4.78 is 0. The summed E-state index contributed by atoms with van der Waals surface area (Å²) in [6, 6.07) is 0. The lowest BCUT2D eigenvalue weighted by Gasteiger charge is -2.41. The van der Waals surface area contributed by atoms with Crippen LogP contribution in [0.4, 0.5) is 0 Å². The Balaban J connectivity index is 2.25. The number of hydrogen-bond acceptors (Lipinski definition) is 1. The van der Waals surface area contributed by atoms with Gasteiger partial charge in [-0.15, -0.1) is 0 Å². The maximum atomic E-state index is 11.0. The van der Waals surface area contributed by atoms with E-state index in [1.807, 2.05) is 6.08 Å². The summed E-state index contributed by atoms with van der Waals surface area (Å²) in [5, 5.41) is 9.02. The Morgan fingerprint density at radius 3 is 2.71 bits per heavy atom. The molecule has 0 aromatic carbocycles. The van der Waals surface area contributed by atoms with Crippen LogP contribution in [0.5, 0.6) is 0 Å². The van der Waals surface area contributed by atoms with E-state index >= 15 is 0 Å². The standard InChI is InChI=1S/C15H22O2/c1-10(2)13-5-4-11(3)15(13)8-6-12(7-9-15)14(16)17/h6,10,13H,3-5,7-9H2,1-2H3,(H,16,17)/t13-,15-/m1/s1. The molecule has 0 amide bonds. The van der Waals surface area contributed by atoms with Crippen LogP contribution in [-0.4, -0.2) is 11.1 Å². The largest absolute Gasteiger partial charge is 0.478 e. The number of aliphatic carboxylic acids is 1. The molecular weight excluding hydrogens is 212 g/mol. The minimum atomic E-state index is -0.746. The highest BCUT2D eigenvalue weighted by Gasteiger charge is 2.47. The molecule has 2 rings (SSSR count). The molecule has 1 saturated carbocycles. The fraction of sp³-hybridized carbons (Fsp3) is 0.667. The lowest BCUT2D eigenvalue weighted by atomic mass is 9.63. The number of carboxylic acids is 1. The number of carbonyl (C=O) groups is 1. The molecule has 0 aromatic rings. The molecule has 1 fully saturated rings. The second-order valence-electron chi connectivity index (χ2n) is 5.89. The predicted molar refractivity (Wildman–Crippen MR) is 68.7 cm³/mol. The van der Waals surface area contributed by atoms with Crippen LogP contribution in [0.25, 0.3) is 0 Å². The van der Waals surface area contributed by atoms with Gasteiger partial charge in [-0.05, 0) is 49.4 Å². The van der Waals surface area contributed by atoms with E-state index in [0.717, 1.165) is 19.3 Å². The van der Waals surface area contributed by atoms with Gasteiger partial charge in [0, 0.05) is 5.57 Å². The summed E-state index contributed by atoms with van der Waals surface area (Å²) in [4.78, 5) is 11.0. The van der Waals surface area contributed by atoms with Crippen LogP contribution < -0.4 is 0 Å². The first-order valence-corrected chi connectivity index (χ1v) is 6.58. The van der Waals surface area contributed by atoms with Crippen molar-refractivity contribution in [2.24, 2.45) is 17.3 Å². The third-order valence-corrected chi connectivity index (χ3v) is 4.80. The van der Waals surface area contributed by atoms with E-state index in [1.54, 1.807) is 0 Å². The number of hydrogen-bond donors (Lipinski definition) is 1. The molecule has 0 bridgehead atoms. The molecule has 0 heterocycles. The van der Waals surface area contributed by atoms with Crippen molar-refractivity contribution in [1.82, 2.24) is 0 Å². The van der Waals surface area contributed by atoms with Gasteiger partial charge in [-0.1, -0.05) is 32.1 Å². The molecule has 2 aliphatic carbocycles.